The molecule has 1 aromatic rings. The number of carboxylic acid groups (broad SMARTS) is 1. The van der Waals surface area contributed by atoms with Crippen LogP contribution in [0.5, 0.6) is 0 Å². The van der Waals surface area contributed by atoms with E-state index < -0.39 is 11.9 Å². The highest BCUT2D eigenvalue weighted by molar-refractivity contribution is 5.97. The van der Waals surface area contributed by atoms with Gasteiger partial charge in [-0.15, -0.1) is 0 Å². The summed E-state index contributed by atoms with van der Waals surface area (Å²) >= 11 is 0. The lowest BCUT2D eigenvalue weighted by molar-refractivity contribution is -0.141. The summed E-state index contributed by atoms with van der Waals surface area (Å²) in [6.45, 7) is 2.36. The molecule has 2 amide bonds. The van der Waals surface area contributed by atoms with E-state index >= 15 is 0 Å². The van der Waals surface area contributed by atoms with Crippen molar-refractivity contribution in [1.82, 2.24) is 10.2 Å². The Bertz CT molecular complexity index is 571. The van der Waals surface area contributed by atoms with Crippen LogP contribution in [0.3, 0.4) is 0 Å². The van der Waals surface area contributed by atoms with Crippen LogP contribution in [-0.2, 0) is 9.59 Å². The van der Waals surface area contributed by atoms with Gasteiger partial charge in [-0.05, 0) is 25.0 Å². The van der Waals surface area contributed by atoms with Crippen LogP contribution in [0.4, 0.5) is 0 Å². The molecular formula is C15H18N2O4. The van der Waals surface area contributed by atoms with Crippen LogP contribution in [0.1, 0.15) is 22.3 Å². The lowest BCUT2D eigenvalue weighted by Crippen LogP contribution is -2.39. The molecular weight excluding hydrogens is 272 g/mol. The number of nitrogens with one attached hydrogen (secondary N) is 1. The fourth-order valence-corrected chi connectivity index (χ4v) is 2.38. The van der Waals surface area contributed by atoms with E-state index in [4.69, 9.17) is 5.11 Å². The minimum atomic E-state index is -0.880. The quantitative estimate of drug-likeness (QED) is 0.852. The van der Waals surface area contributed by atoms with Crippen molar-refractivity contribution in [1.29, 1.82) is 0 Å². The summed E-state index contributed by atoms with van der Waals surface area (Å²) in [7, 11) is 0. The Labute approximate surface area is 122 Å². The fraction of sp³-hybridized carbons (Fsp3) is 0.400. The maximum atomic E-state index is 12.0. The summed E-state index contributed by atoms with van der Waals surface area (Å²) < 4.78 is 0. The average Bonchev–Trinajstić information content (AvgIpc) is 2.95. The number of carbonyl (C=O) groups is 3. The molecule has 0 bridgehead atoms. The summed E-state index contributed by atoms with van der Waals surface area (Å²) in [6, 6.07) is 7.13. The SMILES string of the molecule is Cc1ccccc1C(=O)NCC(=O)N1CCC(C(=O)O)C1. The number of hydrogen-bond donors (Lipinski definition) is 2. The lowest BCUT2D eigenvalue weighted by Gasteiger charge is -2.16. The number of rotatable bonds is 4. The van der Waals surface area contributed by atoms with Crippen LogP contribution >= 0.6 is 0 Å². The molecule has 2 rings (SSSR count). The largest absolute Gasteiger partial charge is 0.481 e. The summed E-state index contributed by atoms with van der Waals surface area (Å²) in [5, 5.41) is 11.5. The third-order valence-corrected chi connectivity index (χ3v) is 3.68. The first-order chi connectivity index (χ1) is 9.99. The van der Waals surface area contributed by atoms with Gasteiger partial charge in [0.15, 0.2) is 0 Å². The summed E-state index contributed by atoms with van der Waals surface area (Å²) in [5.41, 5.74) is 1.38. The number of carboxylic acids is 1. The zero-order valence-electron chi connectivity index (χ0n) is 11.8. The zero-order valence-corrected chi connectivity index (χ0v) is 11.8. The van der Waals surface area contributed by atoms with E-state index in [0.29, 0.717) is 18.5 Å². The maximum Gasteiger partial charge on any atom is 0.308 e. The van der Waals surface area contributed by atoms with Gasteiger partial charge in [0.25, 0.3) is 5.91 Å². The lowest BCUT2D eigenvalue weighted by atomic mass is 10.1. The van der Waals surface area contributed by atoms with Crippen molar-refractivity contribution >= 4 is 17.8 Å². The number of likely N-dealkylation sites (tertiary alicyclic amines) is 1. The molecule has 1 saturated heterocycles. The van der Waals surface area contributed by atoms with Crippen molar-refractivity contribution in [2.45, 2.75) is 13.3 Å². The van der Waals surface area contributed by atoms with Crippen LogP contribution in [-0.4, -0.2) is 47.4 Å². The Morgan fingerprint density at radius 1 is 1.33 bits per heavy atom. The molecule has 0 saturated carbocycles. The second-order valence-corrected chi connectivity index (χ2v) is 5.16. The Kier molecular flexibility index (Phi) is 4.57. The molecule has 1 aliphatic heterocycles. The van der Waals surface area contributed by atoms with Gasteiger partial charge in [0.05, 0.1) is 12.5 Å². The summed E-state index contributed by atoms with van der Waals surface area (Å²) in [4.78, 5) is 36.3. The molecule has 1 fully saturated rings. The Morgan fingerprint density at radius 3 is 2.67 bits per heavy atom. The fourth-order valence-electron chi connectivity index (χ4n) is 2.38. The number of benzene rings is 1. The second kappa shape index (κ2) is 6.39. The van der Waals surface area contributed by atoms with Gasteiger partial charge in [0.2, 0.25) is 5.91 Å². The molecule has 1 aromatic carbocycles. The van der Waals surface area contributed by atoms with Gasteiger partial charge in [-0.25, -0.2) is 0 Å². The topological polar surface area (TPSA) is 86.7 Å². The first-order valence-electron chi connectivity index (χ1n) is 6.83. The predicted molar refractivity (Wildman–Crippen MR) is 75.8 cm³/mol. The monoisotopic (exact) mass is 290 g/mol. The minimum Gasteiger partial charge on any atom is -0.481 e. The molecule has 6 nitrogen and oxygen atoms in total. The number of aryl methyl sites for hydroxylation is 1. The average molecular weight is 290 g/mol. The first-order valence-corrected chi connectivity index (χ1v) is 6.83. The molecule has 1 unspecified atom stereocenters. The standard InChI is InChI=1S/C15H18N2O4/c1-10-4-2-3-5-12(10)14(19)16-8-13(18)17-7-6-11(9-17)15(20)21/h2-5,11H,6-9H2,1H3,(H,16,19)(H,20,21). The normalized spacial score (nSPS) is 17.6. The van der Waals surface area contributed by atoms with Crippen LogP contribution in [0.25, 0.3) is 0 Å². The molecule has 21 heavy (non-hydrogen) atoms. The van der Waals surface area contributed by atoms with E-state index in [9.17, 15) is 14.4 Å². The highest BCUT2D eigenvalue weighted by atomic mass is 16.4. The van der Waals surface area contributed by atoms with Crippen molar-refractivity contribution in [3.63, 3.8) is 0 Å². The van der Waals surface area contributed by atoms with Gasteiger partial charge in [-0.1, -0.05) is 18.2 Å². The minimum absolute atomic E-state index is 0.112. The van der Waals surface area contributed by atoms with Crippen LogP contribution in [0.15, 0.2) is 24.3 Å². The zero-order chi connectivity index (χ0) is 15.4. The van der Waals surface area contributed by atoms with Gasteiger partial charge in [-0.2, -0.15) is 0 Å². The van der Waals surface area contributed by atoms with Crippen molar-refractivity contribution in [2.75, 3.05) is 19.6 Å². The molecule has 0 aliphatic carbocycles. The van der Waals surface area contributed by atoms with Crippen molar-refractivity contribution in [2.24, 2.45) is 5.92 Å². The Balaban J connectivity index is 1.86. The molecule has 0 spiro atoms. The van der Waals surface area contributed by atoms with Crippen molar-refractivity contribution in [3.8, 4) is 0 Å². The summed E-state index contributed by atoms with van der Waals surface area (Å²) in [6.07, 6.45) is 0.465. The molecule has 0 radical (unpaired) electrons. The molecule has 1 atom stereocenters. The summed E-state index contributed by atoms with van der Waals surface area (Å²) in [5.74, 6) is -1.92. The van der Waals surface area contributed by atoms with Crippen molar-refractivity contribution < 1.29 is 19.5 Å². The van der Waals surface area contributed by atoms with E-state index in [2.05, 4.69) is 5.32 Å². The first kappa shape index (κ1) is 15.0. The van der Waals surface area contributed by atoms with E-state index in [1.165, 1.54) is 4.90 Å². The number of aliphatic carboxylic acids is 1. The van der Waals surface area contributed by atoms with Gasteiger partial charge < -0.3 is 15.3 Å². The third kappa shape index (κ3) is 3.59. The van der Waals surface area contributed by atoms with Crippen LogP contribution in [0.2, 0.25) is 0 Å². The molecule has 6 heteroatoms. The molecule has 112 valence electrons. The number of nitrogens with zero attached hydrogens (tertiary/aromatic N) is 1. The van der Waals surface area contributed by atoms with Gasteiger partial charge in [0.1, 0.15) is 0 Å². The van der Waals surface area contributed by atoms with E-state index in [0.717, 1.165) is 5.56 Å². The number of carbonyl (C=O) groups excluding carboxylic acids is 2. The molecule has 1 aliphatic rings. The number of hydrogen-bond acceptors (Lipinski definition) is 3. The van der Waals surface area contributed by atoms with Gasteiger partial charge in [-0.3, -0.25) is 14.4 Å². The van der Waals surface area contributed by atoms with Crippen molar-refractivity contribution in [3.05, 3.63) is 35.4 Å². The number of amides is 2. The van der Waals surface area contributed by atoms with Gasteiger partial charge >= 0.3 is 5.97 Å². The molecule has 0 aromatic heterocycles. The third-order valence-electron chi connectivity index (χ3n) is 3.68. The smallest absolute Gasteiger partial charge is 0.308 e. The Morgan fingerprint density at radius 2 is 2.05 bits per heavy atom. The molecule has 2 N–H and O–H groups in total. The van der Waals surface area contributed by atoms with Gasteiger partial charge in [0, 0.05) is 18.7 Å². The predicted octanol–water partition coefficient (Wildman–Crippen LogP) is 0.658. The molecule has 1 heterocycles. The highest BCUT2D eigenvalue weighted by Gasteiger charge is 2.30. The maximum absolute atomic E-state index is 12.0. The van der Waals surface area contributed by atoms with Crippen LogP contribution in [0, 0.1) is 12.8 Å². The second-order valence-electron chi connectivity index (χ2n) is 5.16. The van der Waals surface area contributed by atoms with E-state index in [1.54, 1.807) is 12.1 Å². The van der Waals surface area contributed by atoms with Crippen LogP contribution < -0.4 is 5.32 Å². The van der Waals surface area contributed by atoms with E-state index in [1.807, 2.05) is 19.1 Å². The van der Waals surface area contributed by atoms with E-state index in [-0.39, 0.29) is 24.9 Å². The Hall–Kier alpha value is -2.37. The highest BCUT2D eigenvalue weighted by Crippen LogP contribution is 2.16.